The third-order valence-electron chi connectivity index (χ3n) is 4.31. The van der Waals surface area contributed by atoms with Crippen LogP contribution in [0.15, 0.2) is 30.3 Å². The Morgan fingerprint density at radius 3 is 2.48 bits per heavy atom. The Bertz CT molecular complexity index is 550. The van der Waals surface area contributed by atoms with Gasteiger partial charge in [0.25, 0.3) is 0 Å². The summed E-state index contributed by atoms with van der Waals surface area (Å²) in [4.78, 5) is 23.6. The first-order valence-corrected chi connectivity index (χ1v) is 8.18. The highest BCUT2D eigenvalue weighted by molar-refractivity contribution is 5.70. The molecule has 5 nitrogen and oxygen atoms in total. The van der Waals surface area contributed by atoms with Gasteiger partial charge in [-0.15, -0.1) is 0 Å². The molecule has 1 aliphatic carbocycles. The van der Waals surface area contributed by atoms with Crippen LogP contribution in [0.5, 0.6) is 0 Å². The van der Waals surface area contributed by atoms with Gasteiger partial charge in [-0.1, -0.05) is 36.8 Å². The summed E-state index contributed by atoms with van der Waals surface area (Å²) in [6.07, 6.45) is 2.51. The van der Waals surface area contributed by atoms with Crippen LogP contribution >= 0.6 is 0 Å². The van der Waals surface area contributed by atoms with E-state index in [0.717, 1.165) is 18.4 Å². The minimum absolute atomic E-state index is 0.117. The van der Waals surface area contributed by atoms with Crippen LogP contribution in [0.25, 0.3) is 0 Å². The van der Waals surface area contributed by atoms with Crippen LogP contribution in [0.2, 0.25) is 0 Å². The smallest absolute Gasteiger partial charge is 0.306 e. The van der Waals surface area contributed by atoms with Crippen LogP contribution in [-0.4, -0.2) is 22.5 Å². The molecule has 2 rings (SSSR count). The lowest BCUT2D eigenvalue weighted by Gasteiger charge is -2.32. The van der Waals surface area contributed by atoms with E-state index in [0.29, 0.717) is 6.42 Å². The molecular formula is C18H25NO4. The van der Waals surface area contributed by atoms with Gasteiger partial charge in [0.15, 0.2) is 0 Å². The van der Waals surface area contributed by atoms with Crippen molar-refractivity contribution in [3.05, 3.63) is 46.0 Å². The molecule has 1 aromatic rings. The van der Waals surface area contributed by atoms with E-state index in [1.165, 1.54) is 0 Å². The molecule has 1 aliphatic rings. The van der Waals surface area contributed by atoms with E-state index in [1.54, 1.807) is 0 Å². The maximum Gasteiger partial charge on any atom is 0.306 e. The van der Waals surface area contributed by atoms with Crippen LogP contribution in [0.4, 0.5) is 0 Å². The third-order valence-corrected chi connectivity index (χ3v) is 4.31. The predicted molar refractivity (Wildman–Crippen MR) is 87.8 cm³/mol. The molecule has 0 radical (unpaired) electrons. The molecule has 0 unspecified atom stereocenters. The fourth-order valence-corrected chi connectivity index (χ4v) is 3.47. The number of esters is 1. The maximum absolute atomic E-state index is 12.1. The molecule has 0 aliphatic heterocycles. The number of ether oxygens (including phenoxy) is 1. The molecule has 0 saturated heterocycles. The molecule has 1 saturated carbocycles. The molecule has 126 valence electrons. The lowest BCUT2D eigenvalue weighted by molar-refractivity contribution is -0.539. The minimum Gasteiger partial charge on any atom is -0.460 e. The summed E-state index contributed by atoms with van der Waals surface area (Å²) in [5, 5.41) is 11.7. The van der Waals surface area contributed by atoms with Crippen molar-refractivity contribution in [1.29, 1.82) is 0 Å². The average Bonchev–Trinajstić information content (AvgIpc) is 2.45. The summed E-state index contributed by atoms with van der Waals surface area (Å²) < 4.78 is 5.35. The van der Waals surface area contributed by atoms with Crippen molar-refractivity contribution in [3.63, 3.8) is 0 Å². The van der Waals surface area contributed by atoms with E-state index in [-0.39, 0.29) is 29.1 Å². The summed E-state index contributed by atoms with van der Waals surface area (Å²) >= 11 is 0. The Morgan fingerprint density at radius 1 is 1.26 bits per heavy atom. The fraction of sp³-hybridized carbons (Fsp3) is 0.611. The predicted octanol–water partition coefficient (Wildman–Crippen LogP) is 3.95. The Hall–Kier alpha value is -1.91. The van der Waals surface area contributed by atoms with Gasteiger partial charge in [0.2, 0.25) is 6.04 Å². The van der Waals surface area contributed by atoms with Crippen LogP contribution in [0, 0.1) is 16.0 Å². The van der Waals surface area contributed by atoms with Crippen molar-refractivity contribution in [1.82, 2.24) is 0 Å². The van der Waals surface area contributed by atoms with Crippen molar-refractivity contribution in [2.24, 2.45) is 5.92 Å². The number of carbonyl (C=O) groups excluding carboxylic acids is 1. The van der Waals surface area contributed by atoms with E-state index in [2.05, 4.69) is 0 Å². The number of benzene rings is 1. The van der Waals surface area contributed by atoms with Crippen LogP contribution in [0.1, 0.15) is 57.9 Å². The first kappa shape index (κ1) is 17.4. The summed E-state index contributed by atoms with van der Waals surface area (Å²) in [6.45, 7) is 5.43. The summed E-state index contributed by atoms with van der Waals surface area (Å²) in [5.74, 6) is -0.741. The topological polar surface area (TPSA) is 69.4 Å². The maximum atomic E-state index is 12.1. The summed E-state index contributed by atoms with van der Waals surface area (Å²) in [7, 11) is 0. The first-order chi connectivity index (χ1) is 10.8. The highest BCUT2D eigenvalue weighted by Gasteiger charge is 2.43. The Balaban J connectivity index is 2.15. The third kappa shape index (κ3) is 4.78. The van der Waals surface area contributed by atoms with Gasteiger partial charge in [0, 0.05) is 10.8 Å². The molecule has 0 N–H and O–H groups in total. The molecule has 3 atom stereocenters. The second-order valence-corrected chi connectivity index (χ2v) is 7.27. The van der Waals surface area contributed by atoms with Crippen LogP contribution in [-0.2, 0) is 9.53 Å². The SMILES string of the molecule is CC(C)(C)OC(=O)C[C@@H]1CCC[C@@H](c2ccccc2)[C@@H]1[N+](=O)[O-]. The van der Waals surface area contributed by atoms with Crippen LogP contribution in [0.3, 0.4) is 0 Å². The van der Waals surface area contributed by atoms with Gasteiger partial charge in [-0.05, 0) is 39.2 Å². The Kier molecular flexibility index (Phi) is 5.39. The van der Waals surface area contributed by atoms with Gasteiger partial charge in [0.05, 0.1) is 12.3 Å². The van der Waals surface area contributed by atoms with Gasteiger partial charge in [0.1, 0.15) is 5.60 Å². The van der Waals surface area contributed by atoms with Crippen molar-refractivity contribution in [3.8, 4) is 0 Å². The lowest BCUT2D eigenvalue weighted by Crippen LogP contribution is -2.40. The number of rotatable bonds is 4. The van der Waals surface area contributed by atoms with E-state index in [1.807, 2.05) is 51.1 Å². The zero-order valence-electron chi connectivity index (χ0n) is 14.0. The molecular weight excluding hydrogens is 294 g/mol. The van der Waals surface area contributed by atoms with Crippen LogP contribution < -0.4 is 0 Å². The molecule has 23 heavy (non-hydrogen) atoms. The number of hydrogen-bond donors (Lipinski definition) is 0. The average molecular weight is 319 g/mol. The molecule has 0 heterocycles. The highest BCUT2D eigenvalue weighted by Crippen LogP contribution is 2.39. The molecule has 1 aromatic carbocycles. The monoisotopic (exact) mass is 319 g/mol. The van der Waals surface area contributed by atoms with E-state index < -0.39 is 11.6 Å². The number of nitro groups is 1. The fourth-order valence-electron chi connectivity index (χ4n) is 3.47. The largest absolute Gasteiger partial charge is 0.460 e. The van der Waals surface area contributed by atoms with E-state index in [9.17, 15) is 14.9 Å². The molecule has 0 amide bonds. The first-order valence-electron chi connectivity index (χ1n) is 8.18. The normalized spacial score (nSPS) is 24.9. The molecule has 1 fully saturated rings. The lowest BCUT2D eigenvalue weighted by atomic mass is 9.73. The molecule has 0 aromatic heterocycles. The van der Waals surface area contributed by atoms with Gasteiger partial charge in [-0.25, -0.2) is 0 Å². The highest BCUT2D eigenvalue weighted by atomic mass is 16.6. The second-order valence-electron chi connectivity index (χ2n) is 7.27. The summed E-state index contributed by atoms with van der Waals surface area (Å²) in [6, 6.07) is 8.88. The number of nitrogens with zero attached hydrogens (tertiary/aromatic N) is 1. The minimum atomic E-state index is -0.723. The van der Waals surface area contributed by atoms with Gasteiger partial charge >= 0.3 is 5.97 Å². The van der Waals surface area contributed by atoms with E-state index >= 15 is 0 Å². The zero-order chi connectivity index (χ0) is 17.0. The van der Waals surface area contributed by atoms with Crippen molar-refractivity contribution in [2.75, 3.05) is 0 Å². The quantitative estimate of drug-likeness (QED) is 0.479. The van der Waals surface area contributed by atoms with Crippen molar-refractivity contribution in [2.45, 2.75) is 64.0 Å². The Morgan fingerprint density at radius 2 is 1.91 bits per heavy atom. The van der Waals surface area contributed by atoms with Gasteiger partial charge in [-0.3, -0.25) is 14.9 Å². The van der Waals surface area contributed by atoms with Crippen molar-refractivity contribution >= 4 is 5.97 Å². The second kappa shape index (κ2) is 7.11. The van der Waals surface area contributed by atoms with E-state index in [4.69, 9.17) is 4.74 Å². The van der Waals surface area contributed by atoms with Gasteiger partial charge < -0.3 is 4.74 Å². The zero-order valence-corrected chi connectivity index (χ0v) is 14.0. The molecule has 0 bridgehead atoms. The Labute approximate surface area is 137 Å². The summed E-state index contributed by atoms with van der Waals surface area (Å²) in [5.41, 5.74) is 0.428. The standard InChI is InChI=1S/C18H25NO4/c1-18(2,3)23-16(20)12-14-10-7-11-15(17(14)19(21)22)13-8-5-4-6-9-13/h4-6,8-9,14-15,17H,7,10-12H2,1-3H3/t14-,15-,17+/m0/s1. The number of hydrogen-bond acceptors (Lipinski definition) is 4. The number of carbonyl (C=O) groups is 1. The molecule has 0 spiro atoms. The molecule has 5 heteroatoms. The van der Waals surface area contributed by atoms with Crippen molar-refractivity contribution < 1.29 is 14.5 Å². The van der Waals surface area contributed by atoms with Gasteiger partial charge in [-0.2, -0.15) is 0 Å².